The Bertz CT molecular complexity index is 867. The van der Waals surface area contributed by atoms with E-state index in [0.29, 0.717) is 24.9 Å². The Balaban J connectivity index is 3.10. The largest absolute Gasteiger partial charge is 0.481 e. The zero-order valence-corrected chi connectivity index (χ0v) is 19.2. The van der Waals surface area contributed by atoms with E-state index in [1.54, 1.807) is 30.3 Å². The van der Waals surface area contributed by atoms with Crippen molar-refractivity contribution in [3.8, 4) is 0 Å². The predicted molar refractivity (Wildman–Crippen MR) is 124 cm³/mol. The Morgan fingerprint density at radius 3 is 1.94 bits per heavy atom. The van der Waals surface area contributed by atoms with Gasteiger partial charge >= 0.3 is 11.9 Å². The Hall–Kier alpha value is -3.55. The van der Waals surface area contributed by atoms with Crippen LogP contribution in [-0.2, 0) is 30.4 Å². The molecule has 0 aliphatic heterocycles. The van der Waals surface area contributed by atoms with E-state index in [-0.39, 0.29) is 12.8 Å². The van der Waals surface area contributed by atoms with Crippen molar-refractivity contribution in [3.05, 3.63) is 35.9 Å². The van der Waals surface area contributed by atoms with Crippen LogP contribution in [0.4, 0.5) is 0 Å². The number of nitrogens with one attached hydrogen (secondary N) is 3. The third-order valence-corrected chi connectivity index (χ3v) is 5.02. The first-order valence-electron chi connectivity index (χ1n) is 11.0. The molecule has 0 aliphatic carbocycles. The van der Waals surface area contributed by atoms with Gasteiger partial charge in [0.05, 0.1) is 13.0 Å². The van der Waals surface area contributed by atoms with Crippen LogP contribution in [-0.4, -0.2) is 82.3 Å². The quantitative estimate of drug-likeness (QED) is 0.114. The molecular weight excluding hydrogens is 462 g/mol. The number of aliphatic hydroxyl groups is 1. The highest BCUT2D eigenvalue weighted by Gasteiger charge is 2.31. The van der Waals surface area contributed by atoms with Gasteiger partial charge in [0, 0.05) is 6.42 Å². The second kappa shape index (κ2) is 15.4. The third-order valence-electron chi connectivity index (χ3n) is 5.02. The van der Waals surface area contributed by atoms with Crippen LogP contribution >= 0.6 is 0 Å². The van der Waals surface area contributed by atoms with Crippen LogP contribution in [0.3, 0.4) is 0 Å². The highest BCUT2D eigenvalue weighted by molar-refractivity contribution is 5.94. The van der Waals surface area contributed by atoms with Gasteiger partial charge in [-0.05, 0) is 31.4 Å². The van der Waals surface area contributed by atoms with E-state index in [1.807, 2.05) is 0 Å². The maximum Gasteiger partial charge on any atom is 0.326 e. The zero-order valence-electron chi connectivity index (χ0n) is 19.2. The molecule has 13 nitrogen and oxygen atoms in total. The van der Waals surface area contributed by atoms with Crippen molar-refractivity contribution in [2.45, 2.75) is 56.3 Å². The summed E-state index contributed by atoms with van der Waals surface area (Å²) in [6.07, 6.45) is 0.318. The topological polar surface area (TPSA) is 234 Å². The maximum atomic E-state index is 13.0. The van der Waals surface area contributed by atoms with Gasteiger partial charge in [0.25, 0.3) is 0 Å². The van der Waals surface area contributed by atoms with Crippen LogP contribution in [0.2, 0.25) is 0 Å². The molecule has 0 spiro atoms. The minimum absolute atomic E-state index is 0.0303. The second-order valence-corrected chi connectivity index (χ2v) is 7.88. The summed E-state index contributed by atoms with van der Waals surface area (Å²) in [7, 11) is 0. The first kappa shape index (κ1) is 29.5. The number of aliphatic hydroxyl groups excluding tert-OH is 1. The number of carboxylic acid groups (broad SMARTS) is 2. The van der Waals surface area contributed by atoms with E-state index in [9.17, 15) is 29.1 Å². The molecule has 0 fully saturated rings. The number of carbonyl (C=O) groups is 5. The monoisotopic (exact) mass is 495 g/mol. The minimum Gasteiger partial charge on any atom is -0.481 e. The molecule has 10 N–H and O–H groups in total. The van der Waals surface area contributed by atoms with Crippen molar-refractivity contribution in [3.63, 3.8) is 0 Å². The summed E-state index contributed by atoms with van der Waals surface area (Å²) in [5.41, 5.74) is 11.6. The SMILES string of the molecule is NCCCCC(NC(=O)C(N)CO)C(=O)NC(Cc1ccccc1)C(=O)NC(CC(=O)O)C(=O)O. The van der Waals surface area contributed by atoms with Crippen LogP contribution in [0.5, 0.6) is 0 Å². The lowest BCUT2D eigenvalue weighted by Crippen LogP contribution is -2.58. The molecule has 0 aromatic heterocycles. The number of unbranched alkanes of at least 4 members (excludes halogenated alkanes) is 1. The number of hydrogen-bond acceptors (Lipinski definition) is 8. The van der Waals surface area contributed by atoms with Crippen molar-refractivity contribution in [1.29, 1.82) is 0 Å². The number of benzene rings is 1. The van der Waals surface area contributed by atoms with E-state index in [0.717, 1.165) is 0 Å². The molecule has 0 radical (unpaired) electrons. The molecule has 0 bridgehead atoms. The number of hydrogen-bond donors (Lipinski definition) is 8. The predicted octanol–water partition coefficient (Wildman–Crippen LogP) is -2.31. The summed E-state index contributed by atoms with van der Waals surface area (Å²) in [5, 5.41) is 34.4. The average Bonchev–Trinajstić information content (AvgIpc) is 2.82. The van der Waals surface area contributed by atoms with E-state index in [4.69, 9.17) is 21.7 Å². The van der Waals surface area contributed by atoms with Crippen LogP contribution in [0, 0.1) is 0 Å². The van der Waals surface area contributed by atoms with E-state index in [1.165, 1.54) is 0 Å². The van der Waals surface area contributed by atoms with E-state index >= 15 is 0 Å². The van der Waals surface area contributed by atoms with Gasteiger partial charge in [-0.15, -0.1) is 0 Å². The normalized spacial score (nSPS) is 14.1. The lowest BCUT2D eigenvalue weighted by molar-refractivity contribution is -0.147. The van der Waals surface area contributed by atoms with Crippen molar-refractivity contribution in [1.82, 2.24) is 16.0 Å². The molecule has 35 heavy (non-hydrogen) atoms. The fraction of sp³-hybridized carbons (Fsp3) is 0.500. The summed E-state index contributed by atoms with van der Waals surface area (Å²) < 4.78 is 0. The number of carboxylic acids is 2. The molecule has 0 saturated carbocycles. The Kier molecular flexibility index (Phi) is 12.9. The number of rotatable bonds is 16. The molecule has 13 heteroatoms. The molecule has 4 unspecified atom stereocenters. The summed E-state index contributed by atoms with van der Waals surface area (Å²) in [4.78, 5) is 60.4. The summed E-state index contributed by atoms with van der Waals surface area (Å²) in [6, 6.07) is 3.21. The minimum atomic E-state index is -1.71. The van der Waals surface area contributed by atoms with Gasteiger partial charge in [0.2, 0.25) is 17.7 Å². The summed E-state index contributed by atoms with van der Waals surface area (Å²) >= 11 is 0. The van der Waals surface area contributed by atoms with Crippen molar-refractivity contribution in [2.75, 3.05) is 13.2 Å². The number of aliphatic carboxylic acids is 2. The summed E-state index contributed by atoms with van der Waals surface area (Å²) in [6.45, 7) is -0.278. The highest BCUT2D eigenvalue weighted by Crippen LogP contribution is 2.07. The maximum absolute atomic E-state index is 13.0. The fourth-order valence-electron chi connectivity index (χ4n) is 3.10. The van der Waals surface area contributed by atoms with Crippen LogP contribution in [0.15, 0.2) is 30.3 Å². The van der Waals surface area contributed by atoms with E-state index in [2.05, 4.69) is 16.0 Å². The van der Waals surface area contributed by atoms with Crippen LogP contribution < -0.4 is 27.4 Å². The zero-order chi connectivity index (χ0) is 26.4. The molecule has 0 heterocycles. The molecule has 0 saturated heterocycles. The van der Waals surface area contributed by atoms with Crippen molar-refractivity contribution in [2.24, 2.45) is 11.5 Å². The number of nitrogens with two attached hydrogens (primary N) is 2. The Morgan fingerprint density at radius 1 is 0.829 bits per heavy atom. The highest BCUT2D eigenvalue weighted by atomic mass is 16.4. The molecule has 0 aliphatic rings. The lowest BCUT2D eigenvalue weighted by atomic mass is 10.0. The molecule has 1 rings (SSSR count). The van der Waals surface area contributed by atoms with Gasteiger partial charge in [0.15, 0.2) is 0 Å². The fourth-order valence-corrected chi connectivity index (χ4v) is 3.10. The van der Waals surface area contributed by atoms with Gasteiger partial charge in [0.1, 0.15) is 24.2 Å². The molecule has 3 amide bonds. The van der Waals surface area contributed by atoms with E-state index < -0.39 is 66.9 Å². The van der Waals surface area contributed by atoms with Gasteiger partial charge in [-0.1, -0.05) is 30.3 Å². The third kappa shape index (κ3) is 10.9. The summed E-state index contributed by atoms with van der Waals surface area (Å²) in [5.74, 6) is -5.38. The molecule has 1 aromatic rings. The Labute approximate surface area is 202 Å². The number of carbonyl (C=O) groups excluding carboxylic acids is 3. The Morgan fingerprint density at radius 2 is 1.40 bits per heavy atom. The smallest absolute Gasteiger partial charge is 0.326 e. The van der Waals surface area contributed by atoms with Gasteiger partial charge in [-0.25, -0.2) is 4.79 Å². The molecular formula is C22H33N5O8. The number of amides is 3. The molecule has 194 valence electrons. The van der Waals surface area contributed by atoms with Gasteiger partial charge in [-0.2, -0.15) is 0 Å². The van der Waals surface area contributed by atoms with Gasteiger partial charge in [-0.3, -0.25) is 19.2 Å². The van der Waals surface area contributed by atoms with Crippen LogP contribution in [0.1, 0.15) is 31.2 Å². The standard InChI is InChI=1S/C22H33N5O8/c23-9-5-4-8-15(25-19(31)14(24)12-28)20(32)26-16(10-13-6-2-1-3-7-13)21(33)27-17(22(34)35)11-18(29)30/h1-3,6-7,14-17,28H,4-5,8-12,23-24H2,(H,25,31)(H,26,32)(H,27,33)(H,29,30)(H,34,35). The van der Waals surface area contributed by atoms with Crippen molar-refractivity contribution < 1.29 is 39.3 Å². The first-order valence-corrected chi connectivity index (χ1v) is 11.0. The van der Waals surface area contributed by atoms with Gasteiger partial charge < -0.3 is 42.7 Å². The molecule has 4 atom stereocenters. The van der Waals surface area contributed by atoms with Crippen LogP contribution in [0.25, 0.3) is 0 Å². The first-order chi connectivity index (χ1) is 16.6. The second-order valence-electron chi connectivity index (χ2n) is 7.88. The average molecular weight is 496 g/mol. The lowest BCUT2D eigenvalue weighted by Gasteiger charge is -2.25. The molecule has 1 aromatic carbocycles. The van der Waals surface area contributed by atoms with Crippen molar-refractivity contribution >= 4 is 29.7 Å².